The summed E-state index contributed by atoms with van der Waals surface area (Å²) < 4.78 is 0.760. The fourth-order valence-electron chi connectivity index (χ4n) is 1.13. The third kappa shape index (κ3) is 3.51. The molecule has 0 saturated carbocycles. The molecule has 0 amide bonds. The SMILES string of the molecule is CCC(C)(O)CNc1ccc(C#N)c(Br)c1. The van der Waals surface area contributed by atoms with E-state index in [0.29, 0.717) is 18.5 Å². The topological polar surface area (TPSA) is 56.0 Å². The van der Waals surface area contributed by atoms with Crippen LogP contribution in [0.1, 0.15) is 25.8 Å². The van der Waals surface area contributed by atoms with Crippen molar-refractivity contribution in [1.29, 1.82) is 5.26 Å². The molecule has 0 aliphatic carbocycles. The second-order valence-electron chi connectivity index (χ2n) is 4.01. The minimum Gasteiger partial charge on any atom is -0.388 e. The summed E-state index contributed by atoms with van der Waals surface area (Å²) in [5.74, 6) is 0. The summed E-state index contributed by atoms with van der Waals surface area (Å²) >= 11 is 3.32. The number of rotatable bonds is 4. The maximum absolute atomic E-state index is 9.83. The molecule has 0 aromatic heterocycles. The molecule has 0 saturated heterocycles. The summed E-state index contributed by atoms with van der Waals surface area (Å²) in [4.78, 5) is 0. The van der Waals surface area contributed by atoms with Crippen LogP contribution in [-0.2, 0) is 0 Å². The number of hydrogen-bond acceptors (Lipinski definition) is 3. The van der Waals surface area contributed by atoms with Gasteiger partial charge in [0.1, 0.15) is 6.07 Å². The van der Waals surface area contributed by atoms with Gasteiger partial charge in [-0.1, -0.05) is 6.92 Å². The van der Waals surface area contributed by atoms with E-state index in [0.717, 1.165) is 10.2 Å². The van der Waals surface area contributed by atoms with E-state index in [1.807, 2.05) is 19.1 Å². The summed E-state index contributed by atoms with van der Waals surface area (Å²) in [6.07, 6.45) is 0.692. The Hall–Kier alpha value is -1.05. The number of nitrogens with one attached hydrogen (secondary N) is 1. The molecule has 1 atom stereocenters. The number of benzene rings is 1. The first-order valence-corrected chi connectivity index (χ1v) is 5.93. The predicted molar refractivity (Wildman–Crippen MR) is 68.3 cm³/mol. The molecule has 2 N–H and O–H groups in total. The number of halogens is 1. The van der Waals surface area contributed by atoms with Gasteiger partial charge in [-0.3, -0.25) is 0 Å². The first-order valence-electron chi connectivity index (χ1n) is 5.14. The van der Waals surface area contributed by atoms with Gasteiger partial charge in [-0.15, -0.1) is 0 Å². The van der Waals surface area contributed by atoms with Gasteiger partial charge in [0.15, 0.2) is 0 Å². The monoisotopic (exact) mass is 282 g/mol. The number of nitrogens with zero attached hydrogens (tertiary/aromatic N) is 1. The fraction of sp³-hybridized carbons (Fsp3) is 0.417. The molecule has 0 radical (unpaired) electrons. The molecule has 16 heavy (non-hydrogen) atoms. The van der Waals surface area contributed by atoms with Crippen molar-refractivity contribution < 1.29 is 5.11 Å². The number of anilines is 1. The van der Waals surface area contributed by atoms with E-state index in [1.165, 1.54) is 0 Å². The second kappa shape index (κ2) is 5.33. The quantitative estimate of drug-likeness (QED) is 0.893. The van der Waals surface area contributed by atoms with Gasteiger partial charge < -0.3 is 10.4 Å². The Morgan fingerprint density at radius 3 is 2.75 bits per heavy atom. The Kier molecular flexibility index (Phi) is 4.34. The maximum Gasteiger partial charge on any atom is 0.100 e. The van der Waals surface area contributed by atoms with Gasteiger partial charge in [-0.2, -0.15) is 5.26 Å². The Morgan fingerprint density at radius 1 is 1.56 bits per heavy atom. The molecule has 3 nitrogen and oxygen atoms in total. The van der Waals surface area contributed by atoms with E-state index < -0.39 is 5.60 Å². The molecular formula is C12H15BrN2O. The lowest BCUT2D eigenvalue weighted by molar-refractivity contribution is 0.0697. The molecule has 1 rings (SSSR count). The zero-order valence-corrected chi connectivity index (χ0v) is 11.0. The minimum atomic E-state index is -0.708. The molecule has 0 fully saturated rings. The van der Waals surface area contributed by atoms with Crippen molar-refractivity contribution in [1.82, 2.24) is 0 Å². The van der Waals surface area contributed by atoms with Gasteiger partial charge in [-0.05, 0) is 47.5 Å². The van der Waals surface area contributed by atoms with Crippen LogP contribution in [0.5, 0.6) is 0 Å². The van der Waals surface area contributed by atoms with Gasteiger partial charge in [0.25, 0.3) is 0 Å². The van der Waals surface area contributed by atoms with Crippen molar-refractivity contribution in [2.24, 2.45) is 0 Å². The first kappa shape index (κ1) is 13.0. The van der Waals surface area contributed by atoms with Crippen LogP contribution in [0.2, 0.25) is 0 Å². The van der Waals surface area contributed by atoms with E-state index in [1.54, 1.807) is 13.0 Å². The van der Waals surface area contributed by atoms with Crippen molar-refractivity contribution >= 4 is 21.6 Å². The van der Waals surface area contributed by atoms with Gasteiger partial charge in [0, 0.05) is 16.7 Å². The van der Waals surface area contributed by atoms with Crippen LogP contribution in [0.3, 0.4) is 0 Å². The lowest BCUT2D eigenvalue weighted by Gasteiger charge is -2.22. The van der Waals surface area contributed by atoms with Gasteiger partial charge in [0.05, 0.1) is 11.2 Å². The van der Waals surface area contributed by atoms with Gasteiger partial charge in [-0.25, -0.2) is 0 Å². The van der Waals surface area contributed by atoms with Gasteiger partial charge >= 0.3 is 0 Å². The smallest absolute Gasteiger partial charge is 0.100 e. The standard InChI is InChI=1S/C12H15BrN2O/c1-3-12(2,16)8-15-10-5-4-9(7-14)11(13)6-10/h4-6,15-16H,3,8H2,1-2H3. The van der Waals surface area contributed by atoms with Crippen molar-refractivity contribution in [3.63, 3.8) is 0 Å². The van der Waals surface area contributed by atoms with E-state index in [-0.39, 0.29) is 0 Å². The zero-order chi connectivity index (χ0) is 12.2. The van der Waals surface area contributed by atoms with Crippen LogP contribution in [0.25, 0.3) is 0 Å². The number of hydrogen-bond donors (Lipinski definition) is 2. The lowest BCUT2D eigenvalue weighted by Crippen LogP contribution is -2.32. The van der Waals surface area contributed by atoms with Crippen molar-refractivity contribution in [3.8, 4) is 6.07 Å². The van der Waals surface area contributed by atoms with Gasteiger partial charge in [0.2, 0.25) is 0 Å². The lowest BCUT2D eigenvalue weighted by atomic mass is 10.0. The third-order valence-electron chi connectivity index (χ3n) is 2.52. The summed E-state index contributed by atoms with van der Waals surface area (Å²) in [6.45, 7) is 4.22. The average Bonchev–Trinajstić information content (AvgIpc) is 2.27. The largest absolute Gasteiger partial charge is 0.388 e. The van der Waals surface area contributed by atoms with Crippen LogP contribution in [0, 0.1) is 11.3 Å². The highest BCUT2D eigenvalue weighted by atomic mass is 79.9. The average molecular weight is 283 g/mol. The van der Waals surface area contributed by atoms with Crippen LogP contribution < -0.4 is 5.32 Å². The molecule has 1 aromatic carbocycles. The highest BCUT2D eigenvalue weighted by Gasteiger charge is 2.16. The highest BCUT2D eigenvalue weighted by Crippen LogP contribution is 2.21. The van der Waals surface area contributed by atoms with E-state index in [9.17, 15) is 5.11 Å². The summed E-state index contributed by atoms with van der Waals surface area (Å²) in [5.41, 5.74) is 0.785. The molecule has 0 aliphatic heterocycles. The minimum absolute atomic E-state index is 0.488. The molecule has 1 unspecified atom stereocenters. The Morgan fingerprint density at radius 2 is 2.25 bits per heavy atom. The molecule has 0 bridgehead atoms. The van der Waals surface area contributed by atoms with Crippen molar-refractivity contribution in [2.45, 2.75) is 25.9 Å². The third-order valence-corrected chi connectivity index (χ3v) is 3.18. The second-order valence-corrected chi connectivity index (χ2v) is 4.86. The first-order chi connectivity index (χ1) is 7.48. The molecule has 1 aromatic rings. The van der Waals surface area contributed by atoms with Crippen LogP contribution in [0.4, 0.5) is 5.69 Å². The molecule has 86 valence electrons. The Labute approximate surface area is 104 Å². The van der Waals surface area contributed by atoms with Crippen molar-refractivity contribution in [2.75, 3.05) is 11.9 Å². The van der Waals surface area contributed by atoms with E-state index in [4.69, 9.17) is 5.26 Å². The Bertz CT molecular complexity index is 410. The highest BCUT2D eigenvalue weighted by molar-refractivity contribution is 9.10. The molecule has 0 aliphatic rings. The molecule has 0 spiro atoms. The predicted octanol–water partition coefficient (Wildman–Crippen LogP) is 2.89. The summed E-state index contributed by atoms with van der Waals surface area (Å²) in [5, 5.41) is 21.7. The molecular weight excluding hydrogens is 268 g/mol. The summed E-state index contributed by atoms with van der Waals surface area (Å²) in [6, 6.07) is 7.49. The molecule has 0 heterocycles. The van der Waals surface area contributed by atoms with E-state index >= 15 is 0 Å². The fourth-order valence-corrected chi connectivity index (χ4v) is 1.60. The molecule has 4 heteroatoms. The van der Waals surface area contributed by atoms with Crippen LogP contribution in [0.15, 0.2) is 22.7 Å². The maximum atomic E-state index is 9.83. The van der Waals surface area contributed by atoms with Crippen molar-refractivity contribution in [3.05, 3.63) is 28.2 Å². The summed E-state index contributed by atoms with van der Waals surface area (Å²) in [7, 11) is 0. The van der Waals surface area contributed by atoms with Crippen LogP contribution >= 0.6 is 15.9 Å². The number of aliphatic hydroxyl groups is 1. The Balaban J connectivity index is 2.70. The van der Waals surface area contributed by atoms with E-state index in [2.05, 4.69) is 27.3 Å². The number of nitriles is 1. The zero-order valence-electron chi connectivity index (χ0n) is 9.42. The van der Waals surface area contributed by atoms with Crippen LogP contribution in [-0.4, -0.2) is 17.3 Å². The normalized spacial score (nSPS) is 13.9.